The van der Waals surface area contributed by atoms with Crippen LogP contribution >= 0.6 is 0 Å². The minimum absolute atomic E-state index is 0.538. The Morgan fingerprint density at radius 1 is 0.250 bits per heavy atom. The van der Waals surface area contributed by atoms with Crippen molar-refractivity contribution in [3.05, 3.63) is 336 Å². The van der Waals surface area contributed by atoms with Crippen LogP contribution in [0.3, 0.4) is 0 Å². The van der Waals surface area contributed by atoms with Crippen molar-refractivity contribution in [2.75, 3.05) is 0 Å². The van der Waals surface area contributed by atoms with E-state index < -0.39 is 10.8 Å². The van der Waals surface area contributed by atoms with E-state index in [1.54, 1.807) is 0 Å². The zero-order chi connectivity index (χ0) is 50.2. The van der Waals surface area contributed by atoms with Crippen LogP contribution in [-0.2, 0) is 10.8 Å². The van der Waals surface area contributed by atoms with Crippen molar-refractivity contribution in [3.8, 4) is 66.9 Å². The maximum Gasteiger partial charge on any atom is 0.0713 e. The topological polar surface area (TPSA) is 25.8 Å². The number of nitrogens with zero attached hydrogens (tertiary/aromatic N) is 2. The van der Waals surface area contributed by atoms with E-state index >= 15 is 0 Å². The summed E-state index contributed by atoms with van der Waals surface area (Å²) >= 11 is 0. The van der Waals surface area contributed by atoms with Crippen molar-refractivity contribution in [3.63, 3.8) is 0 Å². The highest BCUT2D eigenvalue weighted by molar-refractivity contribution is 6.22. The third-order valence-electron chi connectivity index (χ3n) is 16.6. The summed E-state index contributed by atoms with van der Waals surface area (Å²) in [4.78, 5) is 9.40. The molecule has 0 atom stereocenters. The number of benzene rings is 11. The minimum atomic E-state index is -0.548. The van der Waals surface area contributed by atoms with Gasteiger partial charge in [-0.2, -0.15) is 0 Å². The summed E-state index contributed by atoms with van der Waals surface area (Å²) in [6.07, 6.45) is 5.65. The van der Waals surface area contributed by atoms with Crippen LogP contribution in [-0.4, -0.2) is 9.97 Å². The molecule has 2 heteroatoms. The molecule has 0 radical (unpaired) electrons. The molecule has 0 aliphatic heterocycles. The summed E-state index contributed by atoms with van der Waals surface area (Å²) in [5.41, 5.74) is 23.1. The molecular weight excluding hydrogens is 917 g/mol. The molecule has 2 heterocycles. The Morgan fingerprint density at radius 2 is 0.645 bits per heavy atom. The van der Waals surface area contributed by atoms with E-state index in [1.165, 1.54) is 111 Å². The summed E-state index contributed by atoms with van der Waals surface area (Å²) in [6.45, 7) is 0. The molecule has 0 saturated carbocycles. The smallest absolute Gasteiger partial charge is 0.0713 e. The maximum atomic E-state index is 5.15. The Balaban J connectivity index is 1.02. The SMILES string of the molecule is c1ccc(C2(c3ccccc3)c3ccccc3-c3ccc(-c4c5ccccc5c(-c5ccc6c(c5)C(c5ccccc5)(c5ccccc5)c5ccccc5-6)c5cc(-c6ccc(-c7ccncc7)cn6)ccc45)cc32)cc1. The molecule has 354 valence electrons. The lowest BCUT2D eigenvalue weighted by atomic mass is 9.67. The van der Waals surface area contributed by atoms with Gasteiger partial charge in [-0.15, -0.1) is 0 Å². The monoisotopic (exact) mass is 964 g/mol. The predicted octanol–water partition coefficient (Wildman–Crippen LogP) is 18.2. The third-order valence-corrected chi connectivity index (χ3v) is 16.6. The first-order chi connectivity index (χ1) is 37.7. The van der Waals surface area contributed by atoms with Crippen LogP contribution in [0.4, 0.5) is 0 Å². The van der Waals surface area contributed by atoms with Gasteiger partial charge < -0.3 is 0 Å². The lowest BCUT2D eigenvalue weighted by Crippen LogP contribution is -2.28. The molecule has 11 aromatic carbocycles. The second-order valence-electron chi connectivity index (χ2n) is 20.3. The third kappa shape index (κ3) is 6.41. The Kier molecular flexibility index (Phi) is 10.0. The van der Waals surface area contributed by atoms with Gasteiger partial charge in [0.15, 0.2) is 0 Å². The van der Waals surface area contributed by atoms with Crippen LogP contribution in [0.25, 0.3) is 88.4 Å². The number of hydrogen-bond acceptors (Lipinski definition) is 2. The first-order valence-corrected chi connectivity index (χ1v) is 26.3. The van der Waals surface area contributed by atoms with Crippen LogP contribution in [0.1, 0.15) is 44.5 Å². The molecule has 13 aromatic rings. The van der Waals surface area contributed by atoms with Crippen molar-refractivity contribution in [2.45, 2.75) is 10.8 Å². The highest BCUT2D eigenvalue weighted by Crippen LogP contribution is 2.59. The molecule has 15 rings (SSSR count). The molecule has 2 aromatic heterocycles. The largest absolute Gasteiger partial charge is 0.265 e. The fourth-order valence-corrected chi connectivity index (χ4v) is 13.4. The van der Waals surface area contributed by atoms with Crippen LogP contribution in [0.15, 0.2) is 292 Å². The van der Waals surface area contributed by atoms with Crippen molar-refractivity contribution in [1.29, 1.82) is 0 Å². The molecule has 0 unspecified atom stereocenters. The Bertz CT molecular complexity index is 4280. The fourth-order valence-electron chi connectivity index (χ4n) is 13.4. The van der Waals surface area contributed by atoms with Crippen LogP contribution in [0.2, 0.25) is 0 Å². The van der Waals surface area contributed by atoms with E-state index in [-0.39, 0.29) is 0 Å². The molecule has 0 N–H and O–H groups in total. The van der Waals surface area contributed by atoms with E-state index in [4.69, 9.17) is 4.98 Å². The van der Waals surface area contributed by atoms with Crippen LogP contribution < -0.4 is 0 Å². The van der Waals surface area contributed by atoms with Gasteiger partial charge >= 0.3 is 0 Å². The average Bonchev–Trinajstić information content (AvgIpc) is 4.03. The van der Waals surface area contributed by atoms with Gasteiger partial charge in [0.25, 0.3) is 0 Å². The number of aromatic nitrogens is 2. The summed E-state index contributed by atoms with van der Waals surface area (Å²) in [7, 11) is 0. The van der Waals surface area contributed by atoms with E-state index in [0.717, 1.165) is 22.4 Å². The molecule has 0 bridgehead atoms. The Hall–Kier alpha value is -9.76. The van der Waals surface area contributed by atoms with Crippen LogP contribution in [0, 0.1) is 0 Å². The van der Waals surface area contributed by atoms with Gasteiger partial charge in [-0.1, -0.05) is 237 Å². The standard InChI is InChI=1S/C74H48N2/c1-5-19-54(20-6-1)73(55-21-7-2-8-22-55)66-31-17-15-27-58(66)60-37-34-51(46-68(60)73)71-62-29-13-14-30-63(62)72(65-45-50(33-39-64(65)71)70-40-36-53(48-76-70)49-41-43-75-44-42-49)52-35-38-61-59-28-16-18-32-67(59)74(69(61)47-52,56-23-9-3-10-24-56)57-25-11-4-12-26-57/h1-48H. The van der Waals surface area contributed by atoms with E-state index in [2.05, 4.69) is 266 Å². The number of hydrogen-bond donors (Lipinski definition) is 0. The molecule has 76 heavy (non-hydrogen) atoms. The van der Waals surface area contributed by atoms with E-state index in [1.807, 2.05) is 30.7 Å². The van der Waals surface area contributed by atoms with Gasteiger partial charge in [0, 0.05) is 29.7 Å². The summed E-state index contributed by atoms with van der Waals surface area (Å²) in [6, 6.07) is 102. The Labute approximate surface area is 443 Å². The van der Waals surface area contributed by atoms with Gasteiger partial charge in [-0.05, 0) is 153 Å². The van der Waals surface area contributed by atoms with Crippen molar-refractivity contribution in [2.24, 2.45) is 0 Å². The van der Waals surface area contributed by atoms with Gasteiger partial charge in [0.05, 0.1) is 16.5 Å². The highest BCUT2D eigenvalue weighted by Gasteiger charge is 2.48. The number of pyridine rings is 2. The zero-order valence-corrected chi connectivity index (χ0v) is 41.6. The van der Waals surface area contributed by atoms with Gasteiger partial charge in [0.2, 0.25) is 0 Å². The fraction of sp³-hybridized carbons (Fsp3) is 0.0270. The predicted molar refractivity (Wildman–Crippen MR) is 313 cm³/mol. The second kappa shape index (κ2) is 17.4. The molecule has 2 nitrogen and oxygen atoms in total. The first-order valence-electron chi connectivity index (χ1n) is 26.3. The Morgan fingerprint density at radius 3 is 1.12 bits per heavy atom. The molecule has 0 spiro atoms. The average molecular weight is 965 g/mol. The first kappa shape index (κ1) is 43.8. The second-order valence-corrected chi connectivity index (χ2v) is 20.3. The number of fused-ring (bicyclic) bond motifs is 8. The van der Waals surface area contributed by atoms with Crippen molar-refractivity contribution >= 4 is 21.5 Å². The zero-order valence-electron chi connectivity index (χ0n) is 41.6. The lowest BCUT2D eigenvalue weighted by molar-refractivity contribution is 0.769. The number of rotatable bonds is 8. The molecule has 0 saturated heterocycles. The van der Waals surface area contributed by atoms with E-state index in [0.29, 0.717) is 0 Å². The van der Waals surface area contributed by atoms with Crippen molar-refractivity contribution in [1.82, 2.24) is 9.97 Å². The maximum absolute atomic E-state index is 5.15. The lowest BCUT2D eigenvalue weighted by Gasteiger charge is -2.34. The minimum Gasteiger partial charge on any atom is -0.265 e. The highest BCUT2D eigenvalue weighted by atomic mass is 14.7. The van der Waals surface area contributed by atoms with Gasteiger partial charge in [0.1, 0.15) is 0 Å². The van der Waals surface area contributed by atoms with Gasteiger partial charge in [-0.25, -0.2) is 0 Å². The molecule has 0 fully saturated rings. The van der Waals surface area contributed by atoms with E-state index in [9.17, 15) is 0 Å². The van der Waals surface area contributed by atoms with Gasteiger partial charge in [-0.3, -0.25) is 9.97 Å². The molecule has 2 aliphatic carbocycles. The molecular formula is C74H48N2. The normalized spacial score (nSPS) is 13.5. The van der Waals surface area contributed by atoms with Crippen molar-refractivity contribution < 1.29 is 0 Å². The summed E-state index contributed by atoms with van der Waals surface area (Å²) < 4.78 is 0. The molecule has 0 amide bonds. The summed E-state index contributed by atoms with van der Waals surface area (Å²) in [5, 5.41) is 4.77. The molecule has 2 aliphatic rings. The quantitative estimate of drug-likeness (QED) is 0.142. The van der Waals surface area contributed by atoms with Crippen LogP contribution in [0.5, 0.6) is 0 Å². The summed E-state index contributed by atoms with van der Waals surface area (Å²) in [5.74, 6) is 0.